The predicted molar refractivity (Wildman–Crippen MR) is 290 cm³/mol. The number of carbonyl (C=O) groups excluding carboxylic acids is 8. The van der Waals surface area contributed by atoms with Gasteiger partial charge in [-0.1, -0.05) is 53.7 Å². The van der Waals surface area contributed by atoms with E-state index in [0.717, 1.165) is 0 Å². The molecule has 3 N–H and O–H groups in total. The van der Waals surface area contributed by atoms with E-state index >= 15 is 0 Å². The first-order chi connectivity index (χ1) is 36.4. The Morgan fingerprint density at radius 3 is 2.23 bits per heavy atom. The molecule has 0 spiro atoms. The maximum Gasteiger partial charge on any atom is 0.328 e. The van der Waals surface area contributed by atoms with Crippen molar-refractivity contribution in [1.82, 2.24) is 25.3 Å². The number of anilines is 1. The number of methoxy groups -OCH3 is 3. The van der Waals surface area contributed by atoms with Crippen LogP contribution in [0.5, 0.6) is 5.75 Å². The molecule has 3 rings (SSSR count). The number of hydrogen-bond donors (Lipinski definition) is 3. The monoisotopic (exact) mass is 1080 g/mol. The summed E-state index contributed by atoms with van der Waals surface area (Å²) in [7, 11) is 9.60. The molecule has 0 unspecified atom stereocenters. The number of ketones is 2. The van der Waals surface area contributed by atoms with Crippen molar-refractivity contribution in [1.29, 1.82) is 0 Å². The number of nitrogens with one attached hydrogen (secondary N) is 3. The molecule has 0 bridgehead atoms. The number of amides is 4. The van der Waals surface area contributed by atoms with Crippen LogP contribution in [0, 0.1) is 35.5 Å². The van der Waals surface area contributed by atoms with Crippen molar-refractivity contribution in [2.75, 3.05) is 87.3 Å². The van der Waals surface area contributed by atoms with Crippen molar-refractivity contribution < 1.29 is 66.8 Å². The molecule has 2 heterocycles. The SMILES string of the molecule is C=C1C#CC(=O)CCCOCCC(=O)Oc2ccc(C[C@H](NC(=O)[C@H](C)[C@@H](OC)[C@@H]3CCCN3C(=O)C[C@@H](OC)[C@H]([C@@H](C)CC)N(C)C(=O)[C@@H](CC(=O)C(C)(C)N(C)C)C(C)C)C(=O)OC)cc2NC(=O)CCOCCN1. The lowest BCUT2D eigenvalue weighted by atomic mass is 9.82. The molecule has 0 aliphatic carbocycles. The maximum atomic E-state index is 14.5. The molecule has 20 nitrogen and oxygen atoms in total. The first-order valence-corrected chi connectivity index (χ1v) is 26.9. The zero-order valence-corrected chi connectivity index (χ0v) is 48.0. The van der Waals surface area contributed by atoms with Gasteiger partial charge in [-0.2, -0.15) is 0 Å². The van der Waals surface area contributed by atoms with Crippen LogP contribution >= 0.6 is 0 Å². The van der Waals surface area contributed by atoms with Gasteiger partial charge >= 0.3 is 11.9 Å². The quantitative estimate of drug-likeness (QED) is 0.0665. The van der Waals surface area contributed by atoms with Gasteiger partial charge in [0.05, 0.1) is 93.3 Å². The molecule has 2 aliphatic heterocycles. The van der Waals surface area contributed by atoms with Crippen molar-refractivity contribution in [3.8, 4) is 17.6 Å². The summed E-state index contributed by atoms with van der Waals surface area (Å²) >= 11 is 0. The molecule has 4 amide bonds. The number of carbonyl (C=O) groups is 8. The van der Waals surface area contributed by atoms with Crippen molar-refractivity contribution >= 4 is 52.8 Å². The van der Waals surface area contributed by atoms with Crippen LogP contribution in [0.2, 0.25) is 0 Å². The Morgan fingerprint density at radius 2 is 1.60 bits per heavy atom. The number of rotatable bonds is 21. The number of hydrogen-bond acceptors (Lipinski definition) is 16. The van der Waals surface area contributed by atoms with E-state index in [2.05, 4.69) is 34.4 Å². The number of benzene rings is 1. The van der Waals surface area contributed by atoms with Gasteiger partial charge in [-0.05, 0) is 88.6 Å². The summed E-state index contributed by atoms with van der Waals surface area (Å²) in [6.07, 6.45) is 0.674. The van der Waals surface area contributed by atoms with Crippen LogP contribution in [-0.2, 0) is 68.5 Å². The van der Waals surface area contributed by atoms with Crippen LogP contribution in [0.15, 0.2) is 30.5 Å². The van der Waals surface area contributed by atoms with E-state index in [9.17, 15) is 38.4 Å². The first-order valence-electron chi connectivity index (χ1n) is 26.9. The van der Waals surface area contributed by atoms with E-state index in [1.165, 1.54) is 27.4 Å². The van der Waals surface area contributed by atoms with Gasteiger partial charge in [0.25, 0.3) is 0 Å². The summed E-state index contributed by atoms with van der Waals surface area (Å²) in [5.41, 5.74) is 0.186. The number of likely N-dealkylation sites (tertiary alicyclic amines) is 1. The summed E-state index contributed by atoms with van der Waals surface area (Å²) in [5, 5.41) is 8.57. The predicted octanol–water partition coefficient (Wildman–Crippen LogP) is 4.51. The highest BCUT2D eigenvalue weighted by Crippen LogP contribution is 2.32. The van der Waals surface area contributed by atoms with Crippen LogP contribution < -0.4 is 20.7 Å². The van der Waals surface area contributed by atoms with Gasteiger partial charge in [-0.3, -0.25) is 38.5 Å². The lowest BCUT2D eigenvalue weighted by molar-refractivity contribution is -0.150. The minimum absolute atomic E-state index is 0.0180. The summed E-state index contributed by atoms with van der Waals surface area (Å²) in [6, 6.07) is 2.38. The highest BCUT2D eigenvalue weighted by Gasteiger charge is 2.44. The van der Waals surface area contributed by atoms with Gasteiger partial charge < -0.3 is 54.2 Å². The van der Waals surface area contributed by atoms with E-state index in [1.807, 2.05) is 60.5 Å². The van der Waals surface area contributed by atoms with Crippen molar-refractivity contribution in [2.45, 2.75) is 149 Å². The minimum atomic E-state index is -1.21. The Bertz CT molecular complexity index is 2260. The molecule has 0 aromatic heterocycles. The fourth-order valence-corrected chi connectivity index (χ4v) is 9.41. The van der Waals surface area contributed by atoms with E-state index < -0.39 is 71.5 Å². The minimum Gasteiger partial charge on any atom is -0.467 e. The molecule has 0 saturated carbocycles. The molecule has 20 heteroatoms. The van der Waals surface area contributed by atoms with Crippen molar-refractivity contribution in [3.05, 3.63) is 36.0 Å². The Labute approximate surface area is 456 Å². The smallest absolute Gasteiger partial charge is 0.328 e. The summed E-state index contributed by atoms with van der Waals surface area (Å²) in [6.45, 7) is 18.3. The number of allylic oxidation sites excluding steroid dienone is 1. The second-order valence-corrected chi connectivity index (χ2v) is 21.1. The summed E-state index contributed by atoms with van der Waals surface area (Å²) in [4.78, 5) is 114. The Morgan fingerprint density at radius 1 is 0.909 bits per heavy atom. The van der Waals surface area contributed by atoms with Crippen molar-refractivity contribution in [2.24, 2.45) is 23.7 Å². The average molecular weight is 1080 g/mol. The molecule has 430 valence electrons. The van der Waals surface area contributed by atoms with E-state index in [4.69, 9.17) is 28.4 Å². The van der Waals surface area contributed by atoms with Crippen LogP contribution in [0.3, 0.4) is 0 Å². The Hall–Kier alpha value is -5.72. The lowest BCUT2D eigenvalue weighted by Crippen LogP contribution is -2.55. The highest BCUT2D eigenvalue weighted by molar-refractivity contribution is 5.96. The summed E-state index contributed by atoms with van der Waals surface area (Å²) in [5.74, 6) is 0.440. The van der Waals surface area contributed by atoms with Crippen LogP contribution in [0.4, 0.5) is 5.69 Å². The third-order valence-electron chi connectivity index (χ3n) is 14.9. The first kappa shape index (κ1) is 65.6. The van der Waals surface area contributed by atoms with Gasteiger partial charge in [0.1, 0.15) is 6.04 Å². The second kappa shape index (κ2) is 32.2. The van der Waals surface area contributed by atoms with Gasteiger partial charge in [-0.25, -0.2) is 4.79 Å². The number of likely N-dealkylation sites (N-methyl/N-ethyl adjacent to an activating group) is 2. The Kier molecular flexibility index (Phi) is 27.5. The largest absolute Gasteiger partial charge is 0.467 e. The van der Waals surface area contributed by atoms with E-state index in [-0.39, 0.29) is 112 Å². The topological polar surface area (TPSA) is 238 Å². The average Bonchev–Trinajstić information content (AvgIpc) is 3.88. The molecule has 8 atom stereocenters. The number of esters is 2. The third-order valence-corrected chi connectivity index (χ3v) is 14.9. The highest BCUT2D eigenvalue weighted by atomic mass is 16.5. The zero-order chi connectivity index (χ0) is 57.6. The van der Waals surface area contributed by atoms with Crippen LogP contribution in [0.25, 0.3) is 0 Å². The van der Waals surface area contributed by atoms with Gasteiger partial charge in [0.15, 0.2) is 11.5 Å². The number of ether oxygens (including phenoxy) is 6. The standard InChI is InChI=1S/C57H88N6O14/c1-15-37(4)52(62(11)55(70)42(36(2)3)34-48(65)57(7,8)61(9)10)47(72-12)35-50(67)63-27-16-19-45(63)53(73-13)39(6)54(69)60-44(56(71)74-14)33-40-21-23-46-43(32-40)59-49(66)24-29-76-31-26-58-38(5)20-22-41(64)18-17-28-75-30-25-51(68)77-46/h21,23,32,36-37,39,42,44-45,47,52-53,58H,5,15-19,24-31,33-35H2,1-4,6-14H3,(H,59,66)(H,60,69)/t37-,39+,42-,44-,45-,47+,52-,53+/m0/s1. The fraction of sp³-hybridized carbons (Fsp3) is 0.684. The summed E-state index contributed by atoms with van der Waals surface area (Å²) < 4.78 is 34.0. The van der Waals surface area contributed by atoms with Crippen molar-refractivity contribution in [3.63, 3.8) is 0 Å². The molecule has 1 aromatic carbocycles. The number of fused-ring (bicyclic) bond motifs is 1. The molecule has 1 aromatic rings. The maximum absolute atomic E-state index is 14.5. The third kappa shape index (κ3) is 19.9. The van der Waals surface area contributed by atoms with Gasteiger partial charge in [-0.15, -0.1) is 0 Å². The molecular formula is C57H88N6O14. The fourth-order valence-electron chi connectivity index (χ4n) is 9.41. The zero-order valence-electron chi connectivity index (χ0n) is 48.0. The van der Waals surface area contributed by atoms with Gasteiger partial charge in [0, 0.05) is 66.1 Å². The molecule has 2 aliphatic rings. The number of Topliss-reactive ketones (excluding diaryl/α,β-unsaturated/α-hetero) is 2. The van der Waals surface area contributed by atoms with Gasteiger partial charge in [0.2, 0.25) is 29.4 Å². The second-order valence-electron chi connectivity index (χ2n) is 21.1. The normalized spacial score (nSPS) is 19.5. The lowest BCUT2D eigenvalue weighted by Gasteiger charge is -2.41. The van der Waals surface area contributed by atoms with E-state index in [1.54, 1.807) is 35.9 Å². The molecular weight excluding hydrogens is 993 g/mol. The molecule has 1 fully saturated rings. The van der Waals surface area contributed by atoms with Crippen LogP contribution in [0.1, 0.15) is 112 Å². The number of nitrogens with zero attached hydrogens (tertiary/aromatic N) is 3. The van der Waals surface area contributed by atoms with E-state index in [0.29, 0.717) is 50.0 Å². The van der Waals surface area contributed by atoms with Crippen LogP contribution in [-0.4, -0.2) is 180 Å². The molecule has 1 saturated heterocycles. The molecule has 0 radical (unpaired) electrons. The Balaban J connectivity index is 1.81. The molecule has 77 heavy (non-hydrogen) atoms.